The van der Waals surface area contributed by atoms with Gasteiger partial charge in [-0.05, 0) is 73.9 Å². The van der Waals surface area contributed by atoms with Crippen molar-refractivity contribution < 1.29 is 23.4 Å². The SMILES string of the molecule is C=COCOCc1ccc(C#Cc2ccc(C#CC3CCC(COC(=O)C=C)CC3)cc2CC)cc1F. The number of aryl methyl sites for hydroxylation is 1. The van der Waals surface area contributed by atoms with Gasteiger partial charge in [0.25, 0.3) is 0 Å². The quantitative estimate of drug-likeness (QED) is 0.101. The lowest BCUT2D eigenvalue weighted by Gasteiger charge is -2.25. The van der Waals surface area contributed by atoms with Crippen LogP contribution in [0.25, 0.3) is 0 Å². The van der Waals surface area contributed by atoms with Gasteiger partial charge in [-0.2, -0.15) is 0 Å². The van der Waals surface area contributed by atoms with Crippen molar-refractivity contribution in [2.45, 2.75) is 45.6 Å². The Hall–Kier alpha value is -3.80. The highest BCUT2D eigenvalue weighted by Crippen LogP contribution is 2.28. The molecule has 0 radical (unpaired) electrons. The maximum absolute atomic E-state index is 14.4. The smallest absolute Gasteiger partial charge is 0.330 e. The van der Waals surface area contributed by atoms with Gasteiger partial charge in [0, 0.05) is 34.2 Å². The third kappa shape index (κ3) is 8.98. The fourth-order valence-corrected chi connectivity index (χ4v) is 4.13. The number of ether oxygens (including phenoxy) is 3. The third-order valence-electron chi connectivity index (χ3n) is 6.30. The summed E-state index contributed by atoms with van der Waals surface area (Å²) in [6.07, 6.45) is 7.35. The second-order valence-corrected chi connectivity index (χ2v) is 8.90. The summed E-state index contributed by atoms with van der Waals surface area (Å²) >= 11 is 0. The van der Waals surface area contributed by atoms with E-state index in [4.69, 9.17) is 14.2 Å². The van der Waals surface area contributed by atoms with Crippen LogP contribution >= 0.6 is 0 Å². The van der Waals surface area contributed by atoms with Gasteiger partial charge in [-0.1, -0.05) is 49.8 Å². The average molecular weight is 501 g/mol. The lowest BCUT2D eigenvalue weighted by Crippen LogP contribution is -2.19. The van der Waals surface area contributed by atoms with Crippen molar-refractivity contribution in [1.82, 2.24) is 0 Å². The number of esters is 1. The highest BCUT2D eigenvalue weighted by molar-refractivity contribution is 5.81. The molecule has 2 aromatic carbocycles. The number of hydrogen-bond donors (Lipinski definition) is 0. The molecule has 192 valence electrons. The molecule has 0 heterocycles. The number of carbonyl (C=O) groups excluding carboxylic acids is 1. The van der Waals surface area contributed by atoms with Crippen LogP contribution in [0.15, 0.2) is 61.9 Å². The third-order valence-corrected chi connectivity index (χ3v) is 6.30. The monoisotopic (exact) mass is 500 g/mol. The summed E-state index contributed by atoms with van der Waals surface area (Å²) < 4.78 is 29.7. The molecule has 0 atom stereocenters. The van der Waals surface area contributed by atoms with Crippen LogP contribution < -0.4 is 0 Å². The molecular formula is C32H33FO4. The Morgan fingerprint density at radius 3 is 2.49 bits per heavy atom. The normalized spacial score (nSPS) is 16.4. The summed E-state index contributed by atoms with van der Waals surface area (Å²) in [7, 11) is 0. The Bertz CT molecular complexity index is 1220. The van der Waals surface area contributed by atoms with Crippen LogP contribution in [0.3, 0.4) is 0 Å². The highest BCUT2D eigenvalue weighted by Gasteiger charge is 2.20. The Morgan fingerprint density at radius 1 is 1.03 bits per heavy atom. The van der Waals surface area contributed by atoms with Gasteiger partial charge < -0.3 is 14.2 Å². The van der Waals surface area contributed by atoms with E-state index in [0.717, 1.165) is 48.8 Å². The zero-order valence-electron chi connectivity index (χ0n) is 21.4. The molecule has 0 amide bonds. The van der Waals surface area contributed by atoms with E-state index >= 15 is 0 Å². The maximum atomic E-state index is 14.4. The minimum atomic E-state index is -0.362. The van der Waals surface area contributed by atoms with E-state index in [2.05, 4.69) is 49.8 Å². The molecule has 37 heavy (non-hydrogen) atoms. The van der Waals surface area contributed by atoms with Gasteiger partial charge in [0.1, 0.15) is 5.82 Å². The fraction of sp³-hybridized carbons (Fsp3) is 0.344. The summed E-state index contributed by atoms with van der Waals surface area (Å²) in [5, 5.41) is 0. The molecule has 0 unspecified atom stereocenters. The van der Waals surface area contributed by atoms with Crippen LogP contribution in [-0.2, 0) is 32.0 Å². The molecule has 1 aliphatic carbocycles. The van der Waals surface area contributed by atoms with E-state index in [1.54, 1.807) is 12.1 Å². The van der Waals surface area contributed by atoms with Crippen molar-refractivity contribution in [3.8, 4) is 23.7 Å². The van der Waals surface area contributed by atoms with Crippen LogP contribution in [0.1, 0.15) is 60.4 Å². The number of hydrogen-bond acceptors (Lipinski definition) is 4. The van der Waals surface area contributed by atoms with Crippen molar-refractivity contribution in [2.75, 3.05) is 13.4 Å². The molecule has 0 bridgehead atoms. The number of rotatable bonds is 9. The lowest BCUT2D eigenvalue weighted by molar-refractivity contribution is -0.139. The molecular weight excluding hydrogens is 467 g/mol. The standard InChI is InChI=1S/C32H33FO4/c1-4-28-19-25(10-7-24-8-11-27(12-9-24)21-37-32(34)5-2)13-16-29(28)17-14-26-15-18-30(31(33)20-26)22-36-23-35-6-3/h5-6,13,15-16,18-20,24,27H,2-4,8-9,11-12,21-23H2,1H3. The first kappa shape index (κ1) is 27.8. The molecule has 1 fully saturated rings. The molecule has 0 aliphatic heterocycles. The van der Waals surface area contributed by atoms with Gasteiger partial charge >= 0.3 is 5.97 Å². The predicted molar refractivity (Wildman–Crippen MR) is 143 cm³/mol. The van der Waals surface area contributed by atoms with E-state index < -0.39 is 0 Å². The summed E-state index contributed by atoms with van der Waals surface area (Å²) in [4.78, 5) is 11.2. The van der Waals surface area contributed by atoms with Crippen molar-refractivity contribution >= 4 is 5.97 Å². The van der Waals surface area contributed by atoms with E-state index in [0.29, 0.717) is 29.6 Å². The Balaban J connectivity index is 1.59. The van der Waals surface area contributed by atoms with Gasteiger partial charge in [-0.15, -0.1) is 0 Å². The van der Waals surface area contributed by atoms with Crippen molar-refractivity contribution in [2.24, 2.45) is 11.8 Å². The first-order chi connectivity index (χ1) is 18.0. The van der Waals surface area contributed by atoms with Crippen molar-refractivity contribution in [3.05, 3.63) is 95.5 Å². The first-order valence-corrected chi connectivity index (χ1v) is 12.6. The van der Waals surface area contributed by atoms with Crippen LogP contribution in [0.4, 0.5) is 4.39 Å². The Kier molecular flexibility index (Phi) is 11.0. The molecule has 3 rings (SSSR count). The number of benzene rings is 2. The van der Waals surface area contributed by atoms with Gasteiger partial charge in [0.2, 0.25) is 0 Å². The second kappa shape index (κ2) is 14.7. The number of carbonyl (C=O) groups is 1. The zero-order valence-corrected chi connectivity index (χ0v) is 21.4. The predicted octanol–water partition coefficient (Wildman–Crippen LogP) is 6.31. The molecule has 0 aromatic heterocycles. The lowest BCUT2D eigenvalue weighted by atomic mass is 9.82. The maximum Gasteiger partial charge on any atom is 0.330 e. The van der Waals surface area contributed by atoms with Crippen LogP contribution in [0.5, 0.6) is 0 Å². The van der Waals surface area contributed by atoms with Crippen LogP contribution in [0, 0.1) is 41.3 Å². The van der Waals surface area contributed by atoms with E-state index in [1.807, 2.05) is 12.1 Å². The van der Waals surface area contributed by atoms with E-state index in [-0.39, 0.29) is 25.2 Å². The molecule has 5 heteroatoms. The molecule has 0 saturated heterocycles. The highest BCUT2D eigenvalue weighted by atomic mass is 19.1. The molecule has 0 spiro atoms. The minimum Gasteiger partial charge on any atom is -0.476 e. The van der Waals surface area contributed by atoms with Crippen molar-refractivity contribution in [1.29, 1.82) is 0 Å². The second-order valence-electron chi connectivity index (χ2n) is 8.90. The summed E-state index contributed by atoms with van der Waals surface area (Å²) in [5.41, 5.74) is 4.04. The molecule has 1 saturated carbocycles. The summed E-state index contributed by atoms with van der Waals surface area (Å²) in [6, 6.07) is 10.9. The van der Waals surface area contributed by atoms with E-state index in [1.165, 1.54) is 18.4 Å². The number of halogens is 1. The van der Waals surface area contributed by atoms with Crippen LogP contribution in [-0.4, -0.2) is 19.4 Å². The summed E-state index contributed by atoms with van der Waals surface area (Å²) in [5.74, 6) is 13.0. The molecule has 4 nitrogen and oxygen atoms in total. The largest absolute Gasteiger partial charge is 0.476 e. The first-order valence-electron chi connectivity index (χ1n) is 12.6. The summed E-state index contributed by atoms with van der Waals surface area (Å²) in [6.45, 7) is 9.54. The Morgan fingerprint density at radius 2 is 1.78 bits per heavy atom. The molecule has 1 aliphatic rings. The molecule has 2 aromatic rings. The topological polar surface area (TPSA) is 44.8 Å². The molecule has 0 N–H and O–H groups in total. The van der Waals surface area contributed by atoms with Gasteiger partial charge in [-0.25, -0.2) is 9.18 Å². The van der Waals surface area contributed by atoms with Gasteiger partial charge in [-0.3, -0.25) is 0 Å². The minimum absolute atomic E-state index is 0.0286. The van der Waals surface area contributed by atoms with Gasteiger partial charge in [0.15, 0.2) is 6.79 Å². The average Bonchev–Trinajstić information content (AvgIpc) is 2.93. The van der Waals surface area contributed by atoms with Crippen LogP contribution in [0.2, 0.25) is 0 Å². The van der Waals surface area contributed by atoms with E-state index in [9.17, 15) is 9.18 Å². The van der Waals surface area contributed by atoms with Gasteiger partial charge in [0.05, 0.1) is 19.5 Å². The fourth-order valence-electron chi connectivity index (χ4n) is 4.13. The van der Waals surface area contributed by atoms with Crippen molar-refractivity contribution in [3.63, 3.8) is 0 Å². The Labute approximate surface area is 219 Å². The zero-order chi connectivity index (χ0) is 26.5.